The number of thiazole rings is 1. The number of aromatic nitrogens is 1. The summed E-state index contributed by atoms with van der Waals surface area (Å²) in [7, 11) is 0. The molecule has 19 heavy (non-hydrogen) atoms. The number of hydrogen-bond acceptors (Lipinski definition) is 4. The van der Waals surface area contributed by atoms with Crippen LogP contribution in [0.5, 0.6) is 0 Å². The zero-order valence-corrected chi connectivity index (χ0v) is 12.8. The zero-order valence-electron chi connectivity index (χ0n) is 12.0. The minimum absolute atomic E-state index is 0.0565. The molecule has 0 saturated heterocycles. The van der Waals surface area contributed by atoms with E-state index in [4.69, 9.17) is 0 Å². The molecule has 0 aliphatic heterocycles. The van der Waals surface area contributed by atoms with Gasteiger partial charge in [0, 0.05) is 31.4 Å². The number of rotatable bonds is 5. The van der Waals surface area contributed by atoms with Gasteiger partial charge in [-0.15, -0.1) is 11.3 Å². The molecule has 5 heteroatoms. The van der Waals surface area contributed by atoms with Crippen LogP contribution in [0.1, 0.15) is 45.7 Å². The van der Waals surface area contributed by atoms with E-state index < -0.39 is 0 Å². The number of hydrogen-bond donors (Lipinski definition) is 1. The summed E-state index contributed by atoms with van der Waals surface area (Å²) in [6.07, 6.45) is 3.87. The molecule has 106 valence electrons. The third-order valence-corrected chi connectivity index (χ3v) is 4.65. The van der Waals surface area contributed by atoms with E-state index in [-0.39, 0.29) is 5.91 Å². The summed E-state index contributed by atoms with van der Waals surface area (Å²) >= 11 is 1.55. The van der Waals surface area contributed by atoms with Crippen LogP contribution >= 0.6 is 11.3 Å². The van der Waals surface area contributed by atoms with Crippen LogP contribution < -0.4 is 10.2 Å². The number of nitrogens with one attached hydrogen (secondary N) is 1. The number of anilines is 1. The molecule has 1 aliphatic rings. The van der Waals surface area contributed by atoms with E-state index in [1.807, 2.05) is 12.3 Å². The number of carbonyl (C=O) groups is 1. The molecule has 1 heterocycles. The van der Waals surface area contributed by atoms with E-state index in [1.54, 1.807) is 23.2 Å². The smallest absolute Gasteiger partial charge is 0.225 e. The van der Waals surface area contributed by atoms with Crippen molar-refractivity contribution in [2.75, 3.05) is 11.4 Å². The van der Waals surface area contributed by atoms with Gasteiger partial charge in [-0.25, -0.2) is 4.98 Å². The SMILES string of the molecule is CCN(C(C)=O)c1nc(CNC2CCC(C)C2)cs1. The Hall–Kier alpha value is -0.940. The average molecular weight is 281 g/mol. The van der Waals surface area contributed by atoms with Crippen LogP contribution in [0.2, 0.25) is 0 Å². The highest BCUT2D eigenvalue weighted by Crippen LogP contribution is 2.25. The molecular formula is C14H23N3OS. The van der Waals surface area contributed by atoms with Crippen LogP contribution in [0.4, 0.5) is 5.13 Å². The van der Waals surface area contributed by atoms with Crippen LogP contribution in [0.15, 0.2) is 5.38 Å². The first-order chi connectivity index (χ1) is 9.10. The van der Waals surface area contributed by atoms with Gasteiger partial charge in [0.25, 0.3) is 0 Å². The van der Waals surface area contributed by atoms with Gasteiger partial charge in [0.05, 0.1) is 5.69 Å². The molecule has 4 nitrogen and oxygen atoms in total. The van der Waals surface area contributed by atoms with Crippen molar-refractivity contribution in [1.29, 1.82) is 0 Å². The van der Waals surface area contributed by atoms with Gasteiger partial charge in [-0.05, 0) is 32.1 Å². The van der Waals surface area contributed by atoms with Gasteiger partial charge >= 0.3 is 0 Å². The van der Waals surface area contributed by atoms with Crippen LogP contribution in [0.25, 0.3) is 0 Å². The van der Waals surface area contributed by atoms with Gasteiger partial charge in [0.1, 0.15) is 0 Å². The molecule has 1 aliphatic carbocycles. The molecule has 1 saturated carbocycles. The third kappa shape index (κ3) is 3.76. The summed E-state index contributed by atoms with van der Waals surface area (Å²) in [5, 5.41) is 6.43. The molecule has 1 fully saturated rings. The van der Waals surface area contributed by atoms with Crippen LogP contribution in [-0.2, 0) is 11.3 Å². The molecule has 2 unspecified atom stereocenters. The Balaban J connectivity index is 1.88. The quantitative estimate of drug-likeness (QED) is 0.902. The number of amides is 1. The van der Waals surface area contributed by atoms with E-state index in [0.29, 0.717) is 12.6 Å². The van der Waals surface area contributed by atoms with Crippen molar-refractivity contribution < 1.29 is 4.79 Å². The lowest BCUT2D eigenvalue weighted by Crippen LogP contribution is -2.28. The second kappa shape index (κ2) is 6.48. The molecule has 2 rings (SSSR count). The molecule has 0 bridgehead atoms. The van der Waals surface area contributed by atoms with Gasteiger partial charge in [-0.1, -0.05) is 6.92 Å². The number of carbonyl (C=O) groups excluding carboxylic acids is 1. The predicted octanol–water partition coefficient (Wildman–Crippen LogP) is 2.79. The minimum Gasteiger partial charge on any atom is -0.308 e. The maximum absolute atomic E-state index is 11.5. The van der Waals surface area contributed by atoms with Gasteiger partial charge in [0.15, 0.2) is 5.13 Å². The average Bonchev–Trinajstić information content (AvgIpc) is 2.96. The highest BCUT2D eigenvalue weighted by atomic mass is 32.1. The van der Waals surface area contributed by atoms with E-state index in [2.05, 4.69) is 17.2 Å². The summed E-state index contributed by atoms with van der Waals surface area (Å²) in [6, 6.07) is 0.634. The molecular weight excluding hydrogens is 258 g/mol. The molecule has 2 atom stereocenters. The Morgan fingerprint density at radius 2 is 2.37 bits per heavy atom. The lowest BCUT2D eigenvalue weighted by atomic mass is 10.1. The highest BCUT2D eigenvalue weighted by Gasteiger charge is 2.21. The molecule has 0 radical (unpaired) electrons. The fraction of sp³-hybridized carbons (Fsp3) is 0.714. The van der Waals surface area contributed by atoms with E-state index in [9.17, 15) is 4.79 Å². The standard InChI is InChI=1S/C14H23N3OS/c1-4-17(11(3)18)14-16-13(9-19-14)8-15-12-6-5-10(2)7-12/h9-10,12,15H,4-8H2,1-3H3. The fourth-order valence-electron chi connectivity index (χ4n) is 2.64. The molecule has 1 N–H and O–H groups in total. The molecule has 0 aromatic carbocycles. The monoisotopic (exact) mass is 281 g/mol. The molecule has 1 aromatic heterocycles. The Bertz CT molecular complexity index is 432. The summed E-state index contributed by atoms with van der Waals surface area (Å²) in [5.74, 6) is 0.901. The fourth-order valence-corrected chi connectivity index (χ4v) is 3.57. The van der Waals surface area contributed by atoms with Crippen molar-refractivity contribution in [2.24, 2.45) is 5.92 Å². The van der Waals surface area contributed by atoms with Crippen LogP contribution in [0.3, 0.4) is 0 Å². The summed E-state index contributed by atoms with van der Waals surface area (Å²) in [6.45, 7) is 7.36. The van der Waals surface area contributed by atoms with Gasteiger partial charge in [-0.2, -0.15) is 0 Å². The maximum atomic E-state index is 11.5. The summed E-state index contributed by atoms with van der Waals surface area (Å²) < 4.78 is 0. The topological polar surface area (TPSA) is 45.2 Å². The van der Waals surface area contributed by atoms with Crippen molar-refractivity contribution in [3.05, 3.63) is 11.1 Å². The molecule has 0 spiro atoms. The van der Waals surface area contributed by atoms with Crippen LogP contribution in [-0.4, -0.2) is 23.5 Å². The first kappa shape index (κ1) is 14.5. The largest absolute Gasteiger partial charge is 0.308 e. The number of nitrogens with zero attached hydrogens (tertiary/aromatic N) is 2. The minimum atomic E-state index is 0.0565. The van der Waals surface area contributed by atoms with Gasteiger partial charge in [0.2, 0.25) is 5.91 Å². The summed E-state index contributed by atoms with van der Waals surface area (Å²) in [5.41, 5.74) is 1.04. The first-order valence-electron chi connectivity index (χ1n) is 7.06. The first-order valence-corrected chi connectivity index (χ1v) is 7.94. The predicted molar refractivity (Wildman–Crippen MR) is 79.5 cm³/mol. The third-order valence-electron chi connectivity index (χ3n) is 3.73. The second-order valence-corrected chi connectivity index (χ2v) is 6.22. The Labute approximate surface area is 119 Å². The van der Waals surface area contributed by atoms with Crippen LogP contribution in [0, 0.1) is 5.92 Å². The maximum Gasteiger partial charge on any atom is 0.225 e. The summed E-state index contributed by atoms with van der Waals surface area (Å²) in [4.78, 5) is 17.7. The van der Waals surface area contributed by atoms with Gasteiger partial charge < -0.3 is 5.32 Å². The Morgan fingerprint density at radius 3 is 2.95 bits per heavy atom. The van der Waals surface area contributed by atoms with Crippen molar-refractivity contribution >= 4 is 22.4 Å². The zero-order chi connectivity index (χ0) is 13.8. The van der Waals surface area contributed by atoms with Crippen molar-refractivity contribution in [1.82, 2.24) is 10.3 Å². The second-order valence-electron chi connectivity index (χ2n) is 5.38. The van der Waals surface area contributed by atoms with E-state index >= 15 is 0 Å². The van der Waals surface area contributed by atoms with Crippen molar-refractivity contribution in [3.8, 4) is 0 Å². The van der Waals surface area contributed by atoms with E-state index in [0.717, 1.165) is 23.3 Å². The molecule has 1 aromatic rings. The Kier molecular flexibility index (Phi) is 4.93. The Morgan fingerprint density at radius 1 is 1.58 bits per heavy atom. The lowest BCUT2D eigenvalue weighted by Gasteiger charge is -2.14. The van der Waals surface area contributed by atoms with E-state index in [1.165, 1.54) is 19.3 Å². The molecule has 1 amide bonds. The lowest BCUT2D eigenvalue weighted by molar-refractivity contribution is -0.116. The van der Waals surface area contributed by atoms with Crippen molar-refractivity contribution in [3.63, 3.8) is 0 Å². The van der Waals surface area contributed by atoms with Crippen molar-refractivity contribution in [2.45, 2.75) is 52.6 Å². The highest BCUT2D eigenvalue weighted by molar-refractivity contribution is 7.14. The normalized spacial score (nSPS) is 22.7. The van der Waals surface area contributed by atoms with Gasteiger partial charge in [-0.3, -0.25) is 9.69 Å².